The number of nitrogens with zero attached hydrogens (tertiary/aromatic N) is 1. The second-order valence-electron chi connectivity index (χ2n) is 7.41. The number of fused-ring (bicyclic) bond motifs is 1. The van der Waals surface area contributed by atoms with Crippen molar-refractivity contribution in [1.82, 2.24) is 4.98 Å². The molecule has 4 rings (SSSR count). The fourth-order valence-corrected chi connectivity index (χ4v) is 4.57. The highest BCUT2D eigenvalue weighted by Crippen LogP contribution is 2.39. The van der Waals surface area contributed by atoms with Gasteiger partial charge in [-0.05, 0) is 68.1 Å². The van der Waals surface area contributed by atoms with Gasteiger partial charge in [0.25, 0.3) is 5.91 Å². The van der Waals surface area contributed by atoms with E-state index >= 15 is 0 Å². The number of nitrogens with one attached hydrogen (secondary N) is 2. The van der Waals surface area contributed by atoms with Crippen LogP contribution in [0.5, 0.6) is 5.75 Å². The Hall–Kier alpha value is -3.19. The monoisotopic (exact) mass is 421 g/mol. The standard InChI is InChI=1S/C23H23N3O3S/c1-13-4-5-14(2)18(12-13)24-22(28)17-10-11-19-20(17)25-23(30-19)26-21(27)15-6-8-16(29-3)9-7-15/h4-9,12,17H,10-11H2,1-3H3,(H,24,28)(H,25,26,27). The summed E-state index contributed by atoms with van der Waals surface area (Å²) in [5, 5.41) is 6.41. The first-order valence-electron chi connectivity index (χ1n) is 9.77. The van der Waals surface area contributed by atoms with Gasteiger partial charge >= 0.3 is 0 Å². The highest BCUT2D eigenvalue weighted by molar-refractivity contribution is 7.16. The van der Waals surface area contributed by atoms with Gasteiger partial charge in [-0.1, -0.05) is 12.1 Å². The van der Waals surface area contributed by atoms with Crippen molar-refractivity contribution in [3.8, 4) is 5.75 Å². The summed E-state index contributed by atoms with van der Waals surface area (Å²) in [6, 6.07) is 12.9. The van der Waals surface area contributed by atoms with E-state index in [-0.39, 0.29) is 17.7 Å². The zero-order chi connectivity index (χ0) is 21.3. The molecule has 7 heteroatoms. The van der Waals surface area contributed by atoms with E-state index in [1.807, 2.05) is 32.0 Å². The Balaban J connectivity index is 1.47. The molecule has 0 radical (unpaired) electrons. The topological polar surface area (TPSA) is 80.3 Å². The molecule has 1 unspecified atom stereocenters. The number of carbonyl (C=O) groups excluding carboxylic acids is 2. The van der Waals surface area contributed by atoms with Crippen molar-refractivity contribution in [2.24, 2.45) is 0 Å². The van der Waals surface area contributed by atoms with Crippen molar-refractivity contribution in [3.63, 3.8) is 0 Å². The van der Waals surface area contributed by atoms with E-state index in [0.29, 0.717) is 16.4 Å². The van der Waals surface area contributed by atoms with Gasteiger partial charge in [0.1, 0.15) is 5.75 Å². The third-order valence-corrected chi connectivity index (χ3v) is 6.30. The molecule has 1 aromatic heterocycles. The van der Waals surface area contributed by atoms with Crippen LogP contribution in [0.3, 0.4) is 0 Å². The van der Waals surface area contributed by atoms with Crippen molar-refractivity contribution in [2.45, 2.75) is 32.6 Å². The molecule has 1 atom stereocenters. The number of amides is 2. The van der Waals surface area contributed by atoms with E-state index in [0.717, 1.165) is 40.2 Å². The van der Waals surface area contributed by atoms with Gasteiger partial charge in [0.2, 0.25) is 5.91 Å². The maximum Gasteiger partial charge on any atom is 0.257 e. The molecule has 2 amide bonds. The van der Waals surface area contributed by atoms with Crippen LogP contribution in [0.25, 0.3) is 0 Å². The molecule has 3 aromatic rings. The van der Waals surface area contributed by atoms with E-state index < -0.39 is 0 Å². The van der Waals surface area contributed by atoms with E-state index in [2.05, 4.69) is 15.6 Å². The lowest BCUT2D eigenvalue weighted by molar-refractivity contribution is -0.117. The number of hydrogen-bond donors (Lipinski definition) is 2. The SMILES string of the molecule is COc1ccc(C(=O)Nc2nc3c(s2)CCC3C(=O)Nc2cc(C)ccc2C)cc1. The minimum atomic E-state index is -0.303. The van der Waals surface area contributed by atoms with Gasteiger partial charge in [-0.3, -0.25) is 14.9 Å². The quantitative estimate of drug-likeness (QED) is 0.626. The largest absolute Gasteiger partial charge is 0.497 e. The number of benzene rings is 2. The van der Waals surface area contributed by atoms with Crippen LogP contribution < -0.4 is 15.4 Å². The number of rotatable bonds is 5. The predicted molar refractivity (Wildman–Crippen MR) is 119 cm³/mol. The Labute approximate surface area is 179 Å². The van der Waals surface area contributed by atoms with Gasteiger partial charge in [-0.2, -0.15) is 0 Å². The minimum Gasteiger partial charge on any atom is -0.497 e. The number of hydrogen-bond acceptors (Lipinski definition) is 5. The van der Waals surface area contributed by atoms with Crippen LogP contribution in [0.4, 0.5) is 10.8 Å². The summed E-state index contributed by atoms with van der Waals surface area (Å²) in [4.78, 5) is 31.0. The highest BCUT2D eigenvalue weighted by Gasteiger charge is 2.33. The van der Waals surface area contributed by atoms with E-state index in [9.17, 15) is 9.59 Å². The van der Waals surface area contributed by atoms with Crippen molar-refractivity contribution in [1.29, 1.82) is 0 Å². The van der Waals surface area contributed by atoms with E-state index in [1.165, 1.54) is 11.3 Å². The Morgan fingerprint density at radius 3 is 2.60 bits per heavy atom. The molecule has 1 aliphatic rings. The lowest BCUT2D eigenvalue weighted by atomic mass is 10.1. The summed E-state index contributed by atoms with van der Waals surface area (Å²) < 4.78 is 5.12. The Morgan fingerprint density at radius 2 is 1.87 bits per heavy atom. The molecule has 30 heavy (non-hydrogen) atoms. The highest BCUT2D eigenvalue weighted by atomic mass is 32.1. The second-order valence-corrected chi connectivity index (χ2v) is 8.49. The van der Waals surface area contributed by atoms with Gasteiger partial charge < -0.3 is 10.1 Å². The molecule has 0 aliphatic heterocycles. The molecule has 2 aromatic carbocycles. The lowest BCUT2D eigenvalue weighted by Gasteiger charge is -2.13. The second kappa shape index (κ2) is 8.28. The summed E-state index contributed by atoms with van der Waals surface area (Å²) in [6.07, 6.45) is 1.52. The van der Waals surface area contributed by atoms with Crippen molar-refractivity contribution in [3.05, 3.63) is 69.7 Å². The first-order valence-corrected chi connectivity index (χ1v) is 10.6. The molecule has 0 saturated heterocycles. The Morgan fingerprint density at radius 1 is 1.10 bits per heavy atom. The van der Waals surface area contributed by atoms with Crippen LogP contribution in [0.2, 0.25) is 0 Å². The summed E-state index contributed by atoms with van der Waals surface area (Å²) in [7, 11) is 1.58. The number of ether oxygens (including phenoxy) is 1. The van der Waals surface area contributed by atoms with Gasteiger partial charge in [0, 0.05) is 16.1 Å². The molecule has 2 N–H and O–H groups in total. The molecule has 1 aliphatic carbocycles. The minimum absolute atomic E-state index is 0.0548. The average Bonchev–Trinajstić information content (AvgIpc) is 3.30. The van der Waals surface area contributed by atoms with Crippen LogP contribution in [0.1, 0.15) is 44.4 Å². The zero-order valence-corrected chi connectivity index (χ0v) is 17.9. The van der Waals surface area contributed by atoms with Crippen molar-refractivity contribution < 1.29 is 14.3 Å². The number of aromatic nitrogens is 1. The maximum atomic E-state index is 12.9. The number of methoxy groups -OCH3 is 1. The third kappa shape index (κ3) is 4.07. The fraction of sp³-hybridized carbons (Fsp3) is 0.261. The molecular weight excluding hydrogens is 398 g/mol. The van der Waals surface area contributed by atoms with Gasteiger partial charge in [-0.25, -0.2) is 4.98 Å². The molecule has 6 nitrogen and oxygen atoms in total. The zero-order valence-electron chi connectivity index (χ0n) is 17.1. The van der Waals surface area contributed by atoms with Crippen LogP contribution in [-0.2, 0) is 11.2 Å². The van der Waals surface area contributed by atoms with E-state index in [1.54, 1.807) is 31.4 Å². The van der Waals surface area contributed by atoms with Crippen LogP contribution in [0, 0.1) is 13.8 Å². The predicted octanol–water partition coefficient (Wildman–Crippen LogP) is 4.69. The van der Waals surface area contributed by atoms with Crippen LogP contribution in [-0.4, -0.2) is 23.9 Å². The lowest BCUT2D eigenvalue weighted by Crippen LogP contribution is -2.20. The third-order valence-electron chi connectivity index (χ3n) is 5.26. The molecule has 0 spiro atoms. The number of anilines is 2. The molecule has 154 valence electrons. The first kappa shape index (κ1) is 20.1. The smallest absolute Gasteiger partial charge is 0.257 e. The maximum absolute atomic E-state index is 12.9. The molecule has 0 fully saturated rings. The van der Waals surface area contributed by atoms with Crippen molar-refractivity contribution in [2.75, 3.05) is 17.7 Å². The summed E-state index contributed by atoms with van der Waals surface area (Å²) in [5.41, 5.74) is 4.25. The normalized spacial score (nSPS) is 14.8. The van der Waals surface area contributed by atoms with Gasteiger partial charge in [-0.15, -0.1) is 11.3 Å². The summed E-state index contributed by atoms with van der Waals surface area (Å²) >= 11 is 1.44. The molecular formula is C23H23N3O3S. The molecule has 0 bridgehead atoms. The Bertz CT molecular complexity index is 1110. The van der Waals surface area contributed by atoms with E-state index in [4.69, 9.17) is 4.74 Å². The molecule has 0 saturated carbocycles. The summed E-state index contributed by atoms with van der Waals surface area (Å²) in [6.45, 7) is 3.98. The van der Waals surface area contributed by atoms with Gasteiger partial charge in [0.05, 0.1) is 18.7 Å². The fourth-order valence-electron chi connectivity index (χ4n) is 3.54. The van der Waals surface area contributed by atoms with Gasteiger partial charge in [0.15, 0.2) is 5.13 Å². The summed E-state index contributed by atoms with van der Waals surface area (Å²) in [5.74, 6) is 0.0996. The van der Waals surface area contributed by atoms with Crippen LogP contribution >= 0.6 is 11.3 Å². The van der Waals surface area contributed by atoms with Crippen LogP contribution in [0.15, 0.2) is 42.5 Å². The number of aryl methyl sites for hydroxylation is 3. The van der Waals surface area contributed by atoms with Crippen molar-refractivity contribution >= 4 is 34.0 Å². The number of carbonyl (C=O) groups is 2. The average molecular weight is 422 g/mol. The Kier molecular flexibility index (Phi) is 5.55. The number of thiazole rings is 1. The first-order chi connectivity index (χ1) is 14.4. The molecule has 1 heterocycles.